The minimum absolute atomic E-state index is 0.0484. The van der Waals surface area contributed by atoms with Gasteiger partial charge in [-0.3, -0.25) is 4.55 Å². The van der Waals surface area contributed by atoms with Crippen LogP contribution in [0.3, 0.4) is 0 Å². The molecule has 0 aliphatic heterocycles. The third kappa shape index (κ3) is 10.4. The van der Waals surface area contributed by atoms with E-state index >= 15 is 0 Å². The number of aromatic carboxylic acids is 1. The first-order chi connectivity index (χ1) is 23.1. The number of carbonyl (C=O) groups is 1. The molecular weight excluding hydrogens is 649 g/mol. The summed E-state index contributed by atoms with van der Waals surface area (Å²) in [5.41, 5.74) is 2.19. The molecule has 0 fully saturated rings. The van der Waals surface area contributed by atoms with Crippen LogP contribution in [0.2, 0.25) is 0 Å². The van der Waals surface area contributed by atoms with Gasteiger partial charge in [0.05, 0.1) is 18.8 Å². The number of unbranched alkanes of at least 4 members (excludes halogenated alkanes) is 5. The number of ether oxygens (including phenoxy) is 2. The van der Waals surface area contributed by atoms with Crippen LogP contribution in [0.5, 0.6) is 5.75 Å². The number of hydrogen-bond donors (Lipinski definition) is 3. The quantitative estimate of drug-likeness (QED) is 0.0650. The van der Waals surface area contributed by atoms with Gasteiger partial charge >= 0.3 is 5.97 Å². The van der Waals surface area contributed by atoms with Crippen molar-refractivity contribution in [3.8, 4) is 16.9 Å². The van der Waals surface area contributed by atoms with Crippen molar-refractivity contribution in [2.24, 2.45) is 0 Å². The summed E-state index contributed by atoms with van der Waals surface area (Å²) in [6, 6.07) is 23.6. The monoisotopic (exact) mass is 692 g/mol. The molecular formula is C38H44O8S2. The average molecular weight is 693 g/mol. The lowest BCUT2D eigenvalue weighted by molar-refractivity contribution is 0.0691. The van der Waals surface area contributed by atoms with Crippen molar-refractivity contribution in [2.45, 2.75) is 86.2 Å². The normalized spacial score (nSPS) is 12.2. The summed E-state index contributed by atoms with van der Waals surface area (Å²) in [5, 5.41) is 21.6. The van der Waals surface area contributed by atoms with Gasteiger partial charge in [0.15, 0.2) is 0 Å². The number of benzene rings is 4. The highest BCUT2D eigenvalue weighted by Crippen LogP contribution is 2.39. The van der Waals surface area contributed by atoms with E-state index in [2.05, 4.69) is 13.8 Å². The van der Waals surface area contributed by atoms with Crippen molar-refractivity contribution in [3.05, 3.63) is 107 Å². The standard InChI is InChI=1S/C38H44O8S2/c1-3-5-7-8-11-22-45-26-27-14-20-33(38(40)41)34(24-27)37(39)32-13-10-9-12-31(32)28-15-21-35(36(25-28)48(42,43)44)47-30-18-16-29(17-19-30)46-23-6-4-2/h9-10,12-21,24-25,37,39H,3-8,11,22-23,26H2,1-2H3,(H,40,41)(H,42,43,44). The zero-order valence-electron chi connectivity index (χ0n) is 27.4. The van der Waals surface area contributed by atoms with Gasteiger partial charge in [-0.25, -0.2) is 4.79 Å². The molecule has 0 radical (unpaired) electrons. The van der Waals surface area contributed by atoms with Gasteiger partial charge in [-0.05, 0) is 89.2 Å². The molecule has 8 nitrogen and oxygen atoms in total. The average Bonchev–Trinajstić information content (AvgIpc) is 3.08. The van der Waals surface area contributed by atoms with Crippen LogP contribution in [0, 0.1) is 0 Å². The van der Waals surface area contributed by atoms with Crippen LogP contribution in [0.4, 0.5) is 0 Å². The number of aliphatic hydroxyl groups is 1. The van der Waals surface area contributed by atoms with Gasteiger partial charge in [-0.1, -0.05) is 94.1 Å². The fourth-order valence-electron chi connectivity index (χ4n) is 5.31. The van der Waals surface area contributed by atoms with E-state index in [1.54, 1.807) is 48.5 Å². The minimum Gasteiger partial charge on any atom is -0.494 e. The van der Waals surface area contributed by atoms with Crippen LogP contribution in [0.15, 0.2) is 99.6 Å². The fraction of sp³-hybridized carbons (Fsp3) is 0.342. The predicted molar refractivity (Wildman–Crippen MR) is 189 cm³/mol. The van der Waals surface area contributed by atoms with Crippen LogP contribution in [-0.2, 0) is 21.5 Å². The molecule has 0 bridgehead atoms. The summed E-state index contributed by atoms with van der Waals surface area (Å²) in [4.78, 5) is 13.0. The van der Waals surface area contributed by atoms with E-state index in [0.717, 1.165) is 41.9 Å². The number of rotatable bonds is 19. The zero-order valence-corrected chi connectivity index (χ0v) is 29.1. The summed E-state index contributed by atoms with van der Waals surface area (Å²) in [7, 11) is -4.63. The summed E-state index contributed by atoms with van der Waals surface area (Å²) in [5.74, 6) is -0.462. The van der Waals surface area contributed by atoms with Crippen molar-refractivity contribution < 1.29 is 37.5 Å². The van der Waals surface area contributed by atoms with Crippen molar-refractivity contribution in [1.82, 2.24) is 0 Å². The first-order valence-electron chi connectivity index (χ1n) is 16.4. The van der Waals surface area contributed by atoms with Crippen molar-refractivity contribution >= 4 is 27.8 Å². The van der Waals surface area contributed by atoms with Gasteiger partial charge in [-0.2, -0.15) is 8.42 Å². The maximum absolute atomic E-state index is 12.6. The molecule has 48 heavy (non-hydrogen) atoms. The third-order valence-corrected chi connectivity index (χ3v) is 10.0. The number of carboxylic acids is 1. The van der Waals surface area contributed by atoms with Crippen LogP contribution >= 0.6 is 11.8 Å². The Morgan fingerprint density at radius 2 is 1.54 bits per heavy atom. The van der Waals surface area contributed by atoms with Crippen LogP contribution in [-0.4, -0.2) is 42.4 Å². The number of hydrogen-bond acceptors (Lipinski definition) is 7. The Morgan fingerprint density at radius 3 is 2.25 bits per heavy atom. The Morgan fingerprint density at radius 1 is 0.812 bits per heavy atom. The molecule has 4 aromatic rings. The summed E-state index contributed by atoms with van der Waals surface area (Å²) in [6.07, 6.45) is 6.19. The lowest BCUT2D eigenvalue weighted by Gasteiger charge is -2.20. The van der Waals surface area contributed by atoms with Crippen molar-refractivity contribution in [2.75, 3.05) is 13.2 Å². The number of aliphatic hydroxyl groups excluding tert-OH is 1. The van der Waals surface area contributed by atoms with Gasteiger partial charge in [0.25, 0.3) is 10.1 Å². The Kier molecular flexibility index (Phi) is 14.1. The van der Waals surface area contributed by atoms with Gasteiger partial charge in [-0.15, -0.1) is 0 Å². The summed E-state index contributed by atoms with van der Waals surface area (Å²) in [6.45, 7) is 5.74. The lowest BCUT2D eigenvalue weighted by atomic mass is 9.90. The third-order valence-electron chi connectivity index (χ3n) is 7.91. The molecule has 10 heteroatoms. The topological polar surface area (TPSA) is 130 Å². The summed E-state index contributed by atoms with van der Waals surface area (Å²) >= 11 is 1.19. The maximum atomic E-state index is 12.6. The molecule has 0 saturated carbocycles. The SMILES string of the molecule is CCCCCCCOCc1ccc(C(=O)O)c(C(O)c2ccccc2-c2ccc(Sc3ccc(OCCCC)cc3)c(S(=O)(=O)O)c2)c1. The second kappa shape index (κ2) is 18.2. The lowest BCUT2D eigenvalue weighted by Crippen LogP contribution is -2.11. The van der Waals surface area contributed by atoms with Crippen molar-refractivity contribution in [3.63, 3.8) is 0 Å². The largest absolute Gasteiger partial charge is 0.494 e. The van der Waals surface area contributed by atoms with Crippen molar-refractivity contribution in [1.29, 1.82) is 0 Å². The molecule has 0 aromatic heterocycles. The minimum atomic E-state index is -4.63. The maximum Gasteiger partial charge on any atom is 0.336 e. The molecule has 3 N–H and O–H groups in total. The summed E-state index contributed by atoms with van der Waals surface area (Å²) < 4.78 is 47.0. The van der Waals surface area contributed by atoms with Gasteiger partial charge in [0.1, 0.15) is 16.7 Å². The van der Waals surface area contributed by atoms with E-state index in [1.807, 2.05) is 24.3 Å². The molecule has 4 rings (SSSR count). The van der Waals surface area contributed by atoms with E-state index in [4.69, 9.17) is 9.47 Å². The second-order valence-corrected chi connectivity index (χ2v) is 14.1. The van der Waals surface area contributed by atoms with E-state index in [9.17, 15) is 28.0 Å². The van der Waals surface area contributed by atoms with Crippen LogP contribution in [0.25, 0.3) is 11.1 Å². The van der Waals surface area contributed by atoms with E-state index in [1.165, 1.54) is 43.2 Å². The Balaban J connectivity index is 1.61. The van der Waals surface area contributed by atoms with E-state index in [-0.39, 0.29) is 22.6 Å². The smallest absolute Gasteiger partial charge is 0.336 e. The first-order valence-corrected chi connectivity index (χ1v) is 18.6. The number of carboxylic acid groups (broad SMARTS) is 1. The Labute approximate surface area is 287 Å². The highest BCUT2D eigenvalue weighted by Gasteiger charge is 2.24. The molecule has 0 heterocycles. The molecule has 1 unspecified atom stereocenters. The second-order valence-electron chi connectivity index (χ2n) is 11.6. The zero-order chi connectivity index (χ0) is 34.5. The Hall–Kier alpha value is -3.67. The molecule has 0 amide bonds. The van der Waals surface area contributed by atoms with E-state index < -0.39 is 22.2 Å². The molecule has 256 valence electrons. The highest BCUT2D eigenvalue weighted by molar-refractivity contribution is 8.00. The van der Waals surface area contributed by atoms with Crippen LogP contribution < -0.4 is 4.74 Å². The van der Waals surface area contributed by atoms with Gasteiger partial charge < -0.3 is 19.7 Å². The van der Waals surface area contributed by atoms with Crippen LogP contribution in [0.1, 0.15) is 91.9 Å². The molecule has 0 aliphatic rings. The van der Waals surface area contributed by atoms with E-state index in [0.29, 0.717) is 34.8 Å². The molecule has 0 saturated heterocycles. The highest BCUT2D eigenvalue weighted by atomic mass is 32.2. The fourth-order valence-corrected chi connectivity index (χ4v) is 7.17. The molecule has 0 aliphatic carbocycles. The molecule has 0 spiro atoms. The van der Waals surface area contributed by atoms with Gasteiger partial charge in [0, 0.05) is 16.4 Å². The van der Waals surface area contributed by atoms with Gasteiger partial charge in [0.2, 0.25) is 0 Å². The molecule has 4 aromatic carbocycles. The molecule has 1 atom stereocenters. The predicted octanol–water partition coefficient (Wildman–Crippen LogP) is 9.20. The first kappa shape index (κ1) is 37.2. The Bertz CT molecular complexity index is 1750.